The standard InChI is InChI=1S/C20H27N9O2/c1-10-11(2)31-9-12-5-14(21)18(28(4)22)15(6-12)26-16-7-17(23-3)29-19(27-16)13(8-24-29)20(30)25-10/h5-8,10-11,23H,9,21-22H2,1-4H3,(H,25,30)(H,26,27). The van der Waals surface area contributed by atoms with Crippen molar-refractivity contribution in [3.63, 3.8) is 0 Å². The highest BCUT2D eigenvalue weighted by atomic mass is 16.5. The van der Waals surface area contributed by atoms with Gasteiger partial charge in [-0.2, -0.15) is 9.61 Å². The summed E-state index contributed by atoms with van der Waals surface area (Å²) in [6.07, 6.45) is 1.27. The number of amides is 1. The number of benzene rings is 1. The molecule has 1 aromatic carbocycles. The Kier molecular flexibility index (Phi) is 5.29. The summed E-state index contributed by atoms with van der Waals surface area (Å²) in [4.78, 5) is 17.6. The molecule has 0 spiro atoms. The van der Waals surface area contributed by atoms with Crippen LogP contribution in [0.25, 0.3) is 5.65 Å². The molecule has 0 saturated carbocycles. The molecule has 7 N–H and O–H groups in total. The topological polar surface area (TPSA) is 148 Å². The summed E-state index contributed by atoms with van der Waals surface area (Å²) in [5.74, 6) is 6.94. The Labute approximate surface area is 179 Å². The van der Waals surface area contributed by atoms with Crippen LogP contribution in [0.1, 0.15) is 29.8 Å². The normalized spacial score (nSPS) is 18.9. The van der Waals surface area contributed by atoms with Crippen molar-refractivity contribution < 1.29 is 9.53 Å². The molecule has 4 rings (SSSR count). The minimum Gasteiger partial charge on any atom is -0.397 e. The summed E-state index contributed by atoms with van der Waals surface area (Å²) in [7, 11) is 3.49. The third kappa shape index (κ3) is 3.80. The summed E-state index contributed by atoms with van der Waals surface area (Å²) in [6.45, 7) is 4.13. The van der Waals surface area contributed by atoms with Gasteiger partial charge in [0.1, 0.15) is 17.2 Å². The molecule has 1 amide bonds. The lowest BCUT2D eigenvalue weighted by Gasteiger charge is -2.24. The Morgan fingerprint density at radius 2 is 2.10 bits per heavy atom. The highest BCUT2D eigenvalue weighted by molar-refractivity contribution is 6.00. The predicted octanol–water partition coefficient (Wildman–Crippen LogP) is 1.44. The Bertz CT molecular complexity index is 1140. The van der Waals surface area contributed by atoms with Crippen LogP contribution >= 0.6 is 0 Å². The number of ether oxygens (including phenoxy) is 1. The first-order chi connectivity index (χ1) is 14.8. The van der Waals surface area contributed by atoms with Crippen molar-refractivity contribution in [2.75, 3.05) is 35.5 Å². The van der Waals surface area contributed by atoms with E-state index in [1.165, 1.54) is 11.2 Å². The number of carbonyl (C=O) groups excluding carboxylic acids is 1. The van der Waals surface area contributed by atoms with Crippen molar-refractivity contribution in [1.29, 1.82) is 0 Å². The average molecular weight is 425 g/mol. The quantitative estimate of drug-likeness (QED) is 0.234. The maximum absolute atomic E-state index is 12.9. The van der Waals surface area contributed by atoms with Gasteiger partial charge in [-0.15, -0.1) is 0 Å². The van der Waals surface area contributed by atoms with Crippen LogP contribution in [0.3, 0.4) is 0 Å². The molecule has 1 aliphatic rings. The minimum absolute atomic E-state index is 0.235. The molecule has 11 heteroatoms. The SMILES string of the molecule is CNc1cc2nc3c(cnn13)C(=O)NC(C)C(C)OCc1cc(N)c(N(C)N)c(c1)N2. The van der Waals surface area contributed by atoms with Gasteiger partial charge in [-0.3, -0.25) is 4.79 Å². The van der Waals surface area contributed by atoms with Crippen LogP contribution in [0.15, 0.2) is 24.4 Å². The minimum atomic E-state index is -0.271. The first-order valence-electron chi connectivity index (χ1n) is 9.95. The second-order valence-electron chi connectivity index (χ2n) is 7.67. The molecule has 11 nitrogen and oxygen atoms in total. The van der Waals surface area contributed by atoms with Crippen molar-refractivity contribution in [3.8, 4) is 0 Å². The number of rotatable bonds is 2. The van der Waals surface area contributed by atoms with Crippen LogP contribution in [0.4, 0.5) is 28.7 Å². The average Bonchev–Trinajstić information content (AvgIpc) is 3.14. The molecule has 2 aromatic heterocycles. The van der Waals surface area contributed by atoms with Gasteiger partial charge in [0.25, 0.3) is 5.91 Å². The number of nitrogens with two attached hydrogens (primary N) is 2. The van der Waals surface area contributed by atoms with Gasteiger partial charge in [-0.1, -0.05) is 0 Å². The molecule has 4 bridgehead atoms. The van der Waals surface area contributed by atoms with E-state index in [-0.39, 0.29) is 18.1 Å². The van der Waals surface area contributed by atoms with Gasteiger partial charge >= 0.3 is 0 Å². The Hall–Kier alpha value is -3.57. The number of carbonyl (C=O) groups is 1. The largest absolute Gasteiger partial charge is 0.397 e. The molecule has 3 aromatic rings. The van der Waals surface area contributed by atoms with Crippen LogP contribution in [0, 0.1) is 0 Å². The predicted molar refractivity (Wildman–Crippen MR) is 120 cm³/mol. The Balaban J connectivity index is 1.93. The van der Waals surface area contributed by atoms with E-state index in [4.69, 9.17) is 16.3 Å². The number of aromatic nitrogens is 3. The summed E-state index contributed by atoms with van der Waals surface area (Å²) >= 11 is 0. The maximum Gasteiger partial charge on any atom is 0.257 e. The fraction of sp³-hybridized carbons (Fsp3) is 0.350. The van der Waals surface area contributed by atoms with Crippen LogP contribution in [-0.4, -0.2) is 46.7 Å². The zero-order valence-electron chi connectivity index (χ0n) is 17.9. The summed E-state index contributed by atoms with van der Waals surface area (Å²) in [5, 5.41) is 15.1. The number of nitrogens with one attached hydrogen (secondary N) is 3. The second-order valence-corrected chi connectivity index (χ2v) is 7.67. The molecule has 164 valence electrons. The molecule has 31 heavy (non-hydrogen) atoms. The van der Waals surface area contributed by atoms with Crippen molar-refractivity contribution in [1.82, 2.24) is 19.9 Å². The van der Waals surface area contributed by atoms with E-state index in [0.29, 0.717) is 46.5 Å². The lowest BCUT2D eigenvalue weighted by atomic mass is 10.1. The van der Waals surface area contributed by atoms with E-state index in [1.54, 1.807) is 24.7 Å². The van der Waals surface area contributed by atoms with Gasteiger partial charge in [0.15, 0.2) is 5.65 Å². The fourth-order valence-electron chi connectivity index (χ4n) is 3.57. The van der Waals surface area contributed by atoms with Gasteiger partial charge in [-0.25, -0.2) is 10.8 Å². The lowest BCUT2D eigenvalue weighted by molar-refractivity contribution is 0.0303. The van der Waals surface area contributed by atoms with Crippen molar-refractivity contribution in [2.45, 2.75) is 32.6 Å². The molecule has 3 heterocycles. The lowest BCUT2D eigenvalue weighted by Crippen LogP contribution is -2.41. The zero-order chi connectivity index (χ0) is 22.3. The zero-order valence-corrected chi connectivity index (χ0v) is 17.9. The third-order valence-electron chi connectivity index (χ3n) is 5.36. The number of nitrogen functional groups attached to an aromatic ring is 1. The number of hydrazine groups is 1. The summed E-state index contributed by atoms with van der Waals surface area (Å²) in [5.41, 5.74) is 9.75. The monoisotopic (exact) mass is 425 g/mol. The Morgan fingerprint density at radius 1 is 1.32 bits per heavy atom. The van der Waals surface area contributed by atoms with E-state index in [0.717, 1.165) is 5.56 Å². The van der Waals surface area contributed by atoms with E-state index < -0.39 is 0 Å². The molecular weight excluding hydrogens is 398 g/mol. The van der Waals surface area contributed by atoms with Crippen molar-refractivity contribution in [3.05, 3.63) is 35.5 Å². The van der Waals surface area contributed by atoms with Crippen LogP contribution in [0.5, 0.6) is 0 Å². The second kappa shape index (κ2) is 7.93. The molecule has 0 fully saturated rings. The van der Waals surface area contributed by atoms with Crippen molar-refractivity contribution >= 4 is 40.3 Å². The van der Waals surface area contributed by atoms with Gasteiger partial charge in [0.05, 0.1) is 42.0 Å². The van der Waals surface area contributed by atoms with E-state index in [9.17, 15) is 4.79 Å². The first-order valence-corrected chi connectivity index (χ1v) is 9.95. The van der Waals surface area contributed by atoms with E-state index in [2.05, 4.69) is 26.0 Å². The Morgan fingerprint density at radius 3 is 2.81 bits per heavy atom. The molecule has 1 aliphatic heterocycles. The molecule has 2 unspecified atom stereocenters. The third-order valence-corrected chi connectivity index (χ3v) is 5.36. The highest BCUT2D eigenvalue weighted by Gasteiger charge is 2.23. The molecule has 0 radical (unpaired) electrons. The van der Waals surface area contributed by atoms with Crippen LogP contribution in [0.2, 0.25) is 0 Å². The number of anilines is 5. The molecule has 2 atom stereocenters. The molecular formula is C20H27N9O2. The van der Waals surface area contributed by atoms with Gasteiger partial charge in [0, 0.05) is 20.2 Å². The van der Waals surface area contributed by atoms with E-state index >= 15 is 0 Å². The maximum atomic E-state index is 12.9. The number of hydrogen-bond acceptors (Lipinski definition) is 9. The first kappa shape index (κ1) is 20.7. The molecule has 0 aliphatic carbocycles. The summed E-state index contributed by atoms with van der Waals surface area (Å²) < 4.78 is 7.57. The van der Waals surface area contributed by atoms with Gasteiger partial charge < -0.3 is 31.4 Å². The van der Waals surface area contributed by atoms with Gasteiger partial charge in [-0.05, 0) is 31.5 Å². The number of hydrogen-bond donors (Lipinski definition) is 5. The number of nitrogens with zero attached hydrogens (tertiary/aromatic N) is 4. The smallest absolute Gasteiger partial charge is 0.257 e. The highest BCUT2D eigenvalue weighted by Crippen LogP contribution is 2.35. The van der Waals surface area contributed by atoms with Crippen LogP contribution < -0.4 is 32.5 Å². The molecule has 0 saturated heterocycles. The van der Waals surface area contributed by atoms with Crippen molar-refractivity contribution in [2.24, 2.45) is 5.84 Å². The fourth-order valence-corrected chi connectivity index (χ4v) is 3.57. The van der Waals surface area contributed by atoms with Gasteiger partial charge in [0.2, 0.25) is 0 Å². The van der Waals surface area contributed by atoms with E-state index in [1.807, 2.05) is 26.0 Å². The van der Waals surface area contributed by atoms with Crippen LogP contribution in [-0.2, 0) is 11.3 Å². The summed E-state index contributed by atoms with van der Waals surface area (Å²) in [6, 6.07) is 5.31. The number of fused-ring (bicyclic) bond motifs is 3.